The van der Waals surface area contributed by atoms with Crippen molar-refractivity contribution in [3.05, 3.63) is 34.3 Å². The van der Waals surface area contributed by atoms with Crippen molar-refractivity contribution in [1.29, 1.82) is 5.26 Å². The maximum Gasteiger partial charge on any atom is 0.123 e. The van der Waals surface area contributed by atoms with Crippen LogP contribution >= 0.6 is 15.9 Å². The highest BCUT2D eigenvalue weighted by molar-refractivity contribution is 9.10. The summed E-state index contributed by atoms with van der Waals surface area (Å²) >= 11 is 3.41. The van der Waals surface area contributed by atoms with Gasteiger partial charge >= 0.3 is 0 Å². The summed E-state index contributed by atoms with van der Waals surface area (Å²) in [6.45, 7) is 3.81. The summed E-state index contributed by atoms with van der Waals surface area (Å²) in [4.78, 5) is 2.22. The standard InChI is InChI=1S/C12H14BrN3/c13-11-3-1-10(2-4-11)12(9-14)16-7-5-15-6-8-16/h1-4,12,15H,5-8H2/t12-/m1/s1. The van der Waals surface area contributed by atoms with Gasteiger partial charge in [0.15, 0.2) is 0 Å². The molecule has 84 valence electrons. The summed E-state index contributed by atoms with van der Waals surface area (Å²) in [7, 11) is 0. The molecule has 0 aliphatic carbocycles. The number of nitriles is 1. The quantitative estimate of drug-likeness (QED) is 0.899. The van der Waals surface area contributed by atoms with Crippen molar-refractivity contribution in [2.45, 2.75) is 6.04 Å². The Kier molecular flexibility index (Phi) is 3.94. The maximum absolute atomic E-state index is 9.28. The summed E-state index contributed by atoms with van der Waals surface area (Å²) in [6.07, 6.45) is 0. The first-order chi connectivity index (χ1) is 7.81. The van der Waals surface area contributed by atoms with E-state index >= 15 is 0 Å². The van der Waals surface area contributed by atoms with Crippen molar-refractivity contribution in [2.75, 3.05) is 26.2 Å². The third kappa shape index (κ3) is 2.62. The molecule has 1 heterocycles. The summed E-state index contributed by atoms with van der Waals surface area (Å²) < 4.78 is 1.05. The number of rotatable bonds is 2. The predicted molar refractivity (Wildman–Crippen MR) is 66.9 cm³/mol. The van der Waals surface area contributed by atoms with E-state index in [9.17, 15) is 5.26 Å². The minimum absolute atomic E-state index is 0.116. The number of benzene rings is 1. The molecular formula is C12H14BrN3. The molecule has 0 bridgehead atoms. The Morgan fingerprint density at radius 2 is 1.88 bits per heavy atom. The van der Waals surface area contributed by atoms with Gasteiger partial charge in [-0.25, -0.2) is 0 Å². The second-order valence-corrected chi connectivity index (χ2v) is 4.78. The largest absolute Gasteiger partial charge is 0.314 e. The molecule has 2 rings (SSSR count). The van der Waals surface area contributed by atoms with Crippen LogP contribution in [0.15, 0.2) is 28.7 Å². The Morgan fingerprint density at radius 3 is 2.44 bits per heavy atom. The van der Waals surface area contributed by atoms with Crippen LogP contribution in [0.1, 0.15) is 11.6 Å². The van der Waals surface area contributed by atoms with Gasteiger partial charge in [-0.2, -0.15) is 5.26 Å². The van der Waals surface area contributed by atoms with Crippen LogP contribution in [-0.4, -0.2) is 31.1 Å². The molecule has 0 amide bonds. The normalized spacial score (nSPS) is 19.0. The Balaban J connectivity index is 2.15. The van der Waals surface area contributed by atoms with Crippen LogP contribution in [0, 0.1) is 11.3 Å². The molecule has 0 spiro atoms. The number of hydrogen-bond donors (Lipinski definition) is 1. The first-order valence-corrected chi connectivity index (χ1v) is 6.20. The summed E-state index contributed by atoms with van der Waals surface area (Å²) in [6, 6.07) is 10.3. The van der Waals surface area contributed by atoms with Crippen molar-refractivity contribution in [3.63, 3.8) is 0 Å². The Morgan fingerprint density at radius 1 is 1.25 bits per heavy atom. The molecule has 1 aromatic rings. The molecule has 0 radical (unpaired) electrons. The maximum atomic E-state index is 9.28. The lowest BCUT2D eigenvalue weighted by atomic mass is 10.1. The average molecular weight is 280 g/mol. The van der Waals surface area contributed by atoms with E-state index in [0.717, 1.165) is 36.2 Å². The van der Waals surface area contributed by atoms with Gasteiger partial charge in [0.25, 0.3) is 0 Å². The van der Waals surface area contributed by atoms with Gasteiger partial charge in [0, 0.05) is 30.7 Å². The van der Waals surface area contributed by atoms with Crippen molar-refractivity contribution in [3.8, 4) is 6.07 Å². The van der Waals surface area contributed by atoms with Crippen LogP contribution in [0.4, 0.5) is 0 Å². The zero-order valence-corrected chi connectivity index (χ0v) is 10.6. The van der Waals surface area contributed by atoms with Gasteiger partial charge in [-0.15, -0.1) is 0 Å². The van der Waals surface area contributed by atoms with Crippen LogP contribution in [0.3, 0.4) is 0 Å². The highest BCUT2D eigenvalue weighted by atomic mass is 79.9. The predicted octanol–water partition coefficient (Wildman–Crippen LogP) is 1.92. The number of nitrogens with one attached hydrogen (secondary N) is 1. The molecule has 16 heavy (non-hydrogen) atoms. The summed E-state index contributed by atoms with van der Waals surface area (Å²) in [5.41, 5.74) is 1.08. The van der Waals surface area contributed by atoms with Crippen molar-refractivity contribution in [2.24, 2.45) is 0 Å². The monoisotopic (exact) mass is 279 g/mol. The molecule has 0 unspecified atom stereocenters. The molecular weight excluding hydrogens is 266 g/mol. The fraction of sp³-hybridized carbons (Fsp3) is 0.417. The molecule has 1 saturated heterocycles. The fourth-order valence-electron chi connectivity index (χ4n) is 1.95. The molecule has 1 aliphatic heterocycles. The fourth-order valence-corrected chi connectivity index (χ4v) is 2.22. The lowest BCUT2D eigenvalue weighted by Gasteiger charge is -2.31. The third-order valence-electron chi connectivity index (χ3n) is 2.82. The van der Waals surface area contributed by atoms with E-state index in [1.807, 2.05) is 24.3 Å². The lowest BCUT2D eigenvalue weighted by molar-refractivity contribution is 0.207. The van der Waals surface area contributed by atoms with Gasteiger partial charge in [0.05, 0.1) is 6.07 Å². The number of halogens is 1. The minimum Gasteiger partial charge on any atom is -0.314 e. The van der Waals surface area contributed by atoms with E-state index in [1.165, 1.54) is 0 Å². The van der Waals surface area contributed by atoms with Crippen LogP contribution in [0.5, 0.6) is 0 Å². The molecule has 1 fully saturated rings. The molecule has 1 atom stereocenters. The topological polar surface area (TPSA) is 39.1 Å². The number of hydrogen-bond acceptors (Lipinski definition) is 3. The second-order valence-electron chi connectivity index (χ2n) is 3.87. The zero-order valence-electron chi connectivity index (χ0n) is 8.99. The highest BCUT2D eigenvalue weighted by Gasteiger charge is 2.21. The Labute approximate surface area is 104 Å². The van der Waals surface area contributed by atoms with E-state index in [0.29, 0.717) is 0 Å². The van der Waals surface area contributed by atoms with Crippen LogP contribution in [0.2, 0.25) is 0 Å². The van der Waals surface area contributed by atoms with E-state index in [2.05, 4.69) is 32.2 Å². The molecule has 3 nitrogen and oxygen atoms in total. The highest BCUT2D eigenvalue weighted by Crippen LogP contribution is 2.22. The van der Waals surface area contributed by atoms with E-state index in [4.69, 9.17) is 0 Å². The van der Waals surface area contributed by atoms with E-state index in [-0.39, 0.29) is 6.04 Å². The molecule has 0 aromatic heterocycles. The molecule has 1 N–H and O–H groups in total. The summed E-state index contributed by atoms with van der Waals surface area (Å²) in [5.74, 6) is 0. The SMILES string of the molecule is N#C[C@H](c1ccc(Br)cc1)N1CCNCC1. The van der Waals surface area contributed by atoms with Crippen molar-refractivity contribution >= 4 is 15.9 Å². The Hall–Kier alpha value is -0.890. The number of nitrogens with zero attached hydrogens (tertiary/aromatic N) is 2. The second kappa shape index (κ2) is 5.44. The first-order valence-electron chi connectivity index (χ1n) is 5.41. The van der Waals surface area contributed by atoms with Crippen LogP contribution in [0.25, 0.3) is 0 Å². The van der Waals surface area contributed by atoms with Gasteiger partial charge in [-0.1, -0.05) is 28.1 Å². The van der Waals surface area contributed by atoms with Crippen LogP contribution in [-0.2, 0) is 0 Å². The minimum atomic E-state index is -0.116. The van der Waals surface area contributed by atoms with Gasteiger partial charge in [-0.05, 0) is 17.7 Å². The molecule has 1 aromatic carbocycles. The van der Waals surface area contributed by atoms with E-state index < -0.39 is 0 Å². The zero-order chi connectivity index (χ0) is 11.4. The average Bonchev–Trinajstić information content (AvgIpc) is 2.34. The van der Waals surface area contributed by atoms with Gasteiger partial charge in [0.2, 0.25) is 0 Å². The van der Waals surface area contributed by atoms with Crippen LogP contribution < -0.4 is 5.32 Å². The molecule has 0 saturated carbocycles. The first kappa shape index (κ1) is 11.6. The Bertz CT molecular complexity index is 376. The van der Waals surface area contributed by atoms with Gasteiger partial charge in [0.1, 0.15) is 6.04 Å². The van der Waals surface area contributed by atoms with E-state index in [1.54, 1.807) is 0 Å². The number of piperazine rings is 1. The smallest absolute Gasteiger partial charge is 0.123 e. The lowest BCUT2D eigenvalue weighted by Crippen LogP contribution is -2.44. The third-order valence-corrected chi connectivity index (χ3v) is 3.35. The molecule has 1 aliphatic rings. The van der Waals surface area contributed by atoms with Gasteiger partial charge < -0.3 is 5.32 Å². The molecule has 4 heteroatoms. The summed E-state index contributed by atoms with van der Waals surface area (Å²) in [5, 5.41) is 12.6. The van der Waals surface area contributed by atoms with Gasteiger partial charge in [-0.3, -0.25) is 4.90 Å². The van der Waals surface area contributed by atoms with Crippen molar-refractivity contribution in [1.82, 2.24) is 10.2 Å². The van der Waals surface area contributed by atoms with Crippen molar-refractivity contribution < 1.29 is 0 Å².